The van der Waals surface area contributed by atoms with Gasteiger partial charge in [-0.05, 0) is 18.6 Å². The molecule has 3 heterocycles. The van der Waals surface area contributed by atoms with Crippen molar-refractivity contribution < 1.29 is 9.32 Å². The van der Waals surface area contributed by atoms with Crippen molar-refractivity contribution in [3.05, 3.63) is 11.7 Å². The zero-order chi connectivity index (χ0) is 13.1. The maximum atomic E-state index is 11.6. The highest BCUT2D eigenvalue weighted by Gasteiger charge is 2.26. The summed E-state index contributed by atoms with van der Waals surface area (Å²) >= 11 is 1.90. The number of nitrogens with one attached hydrogen (secondary N) is 2. The van der Waals surface area contributed by atoms with Crippen LogP contribution in [0.15, 0.2) is 4.52 Å². The van der Waals surface area contributed by atoms with Gasteiger partial charge in [0.25, 0.3) is 0 Å². The minimum Gasteiger partial charge on any atom is -0.353 e. The molecule has 7 heteroatoms. The van der Waals surface area contributed by atoms with E-state index in [0.717, 1.165) is 18.8 Å². The number of nitrogens with zero attached hydrogens (tertiary/aromatic N) is 2. The molecule has 104 valence electrons. The topological polar surface area (TPSA) is 80.0 Å². The fourth-order valence-electron chi connectivity index (χ4n) is 2.41. The highest BCUT2D eigenvalue weighted by Crippen LogP contribution is 2.36. The second-order valence-electron chi connectivity index (χ2n) is 4.90. The molecule has 2 N–H and O–H groups in total. The second-order valence-corrected chi connectivity index (χ2v) is 6.21. The summed E-state index contributed by atoms with van der Waals surface area (Å²) in [7, 11) is 0. The lowest BCUT2D eigenvalue weighted by Gasteiger charge is -2.21. The fraction of sp³-hybridized carbons (Fsp3) is 0.750. The molecule has 0 radical (unpaired) electrons. The zero-order valence-electron chi connectivity index (χ0n) is 10.7. The standard InChI is InChI=1S/C12H18N4O2S/c17-12-8(13-4-5-14-12)7-10-15-11(16-18-10)9-3-1-2-6-19-9/h8-9,13H,1-7H2,(H,14,17). The molecule has 0 aromatic carbocycles. The Kier molecular flexibility index (Phi) is 4.03. The van der Waals surface area contributed by atoms with Crippen molar-refractivity contribution >= 4 is 17.7 Å². The average molecular weight is 282 g/mol. The van der Waals surface area contributed by atoms with E-state index in [2.05, 4.69) is 20.8 Å². The van der Waals surface area contributed by atoms with Crippen LogP contribution in [-0.4, -0.2) is 40.9 Å². The van der Waals surface area contributed by atoms with E-state index in [1.54, 1.807) is 0 Å². The molecular formula is C12H18N4O2S. The van der Waals surface area contributed by atoms with Gasteiger partial charge in [-0.3, -0.25) is 4.79 Å². The molecule has 2 aliphatic rings. The molecule has 3 rings (SSSR count). The monoisotopic (exact) mass is 282 g/mol. The van der Waals surface area contributed by atoms with Crippen LogP contribution in [0.4, 0.5) is 0 Å². The van der Waals surface area contributed by atoms with Crippen LogP contribution in [0.2, 0.25) is 0 Å². The number of hydrogen-bond donors (Lipinski definition) is 2. The molecule has 2 aliphatic heterocycles. The summed E-state index contributed by atoms with van der Waals surface area (Å²) in [5.74, 6) is 2.52. The lowest BCUT2D eigenvalue weighted by molar-refractivity contribution is -0.124. The van der Waals surface area contributed by atoms with Gasteiger partial charge in [0.1, 0.15) is 0 Å². The van der Waals surface area contributed by atoms with Crippen LogP contribution in [0, 0.1) is 0 Å². The molecule has 6 nitrogen and oxygen atoms in total. The number of carbonyl (C=O) groups is 1. The lowest BCUT2D eigenvalue weighted by Crippen LogP contribution is -2.53. The largest absolute Gasteiger partial charge is 0.353 e. The smallest absolute Gasteiger partial charge is 0.237 e. The second kappa shape index (κ2) is 5.92. The Labute approximate surface area is 116 Å². The first-order chi connectivity index (χ1) is 9.33. The highest BCUT2D eigenvalue weighted by molar-refractivity contribution is 7.99. The van der Waals surface area contributed by atoms with Crippen LogP contribution in [0.1, 0.15) is 36.2 Å². The molecule has 1 amide bonds. The van der Waals surface area contributed by atoms with Gasteiger partial charge in [-0.1, -0.05) is 11.6 Å². The van der Waals surface area contributed by atoms with Crippen LogP contribution in [0.3, 0.4) is 0 Å². The minimum atomic E-state index is -0.249. The van der Waals surface area contributed by atoms with Gasteiger partial charge in [-0.15, -0.1) is 0 Å². The normalized spacial score (nSPS) is 28.1. The van der Waals surface area contributed by atoms with E-state index in [0.29, 0.717) is 24.1 Å². The number of aromatic nitrogens is 2. The Morgan fingerprint density at radius 3 is 3.11 bits per heavy atom. The third kappa shape index (κ3) is 3.09. The van der Waals surface area contributed by atoms with E-state index in [9.17, 15) is 4.79 Å². The average Bonchev–Trinajstić information content (AvgIpc) is 2.91. The predicted octanol–water partition coefficient (Wildman–Crippen LogP) is 0.658. The molecule has 1 aromatic rings. The SMILES string of the molecule is O=C1NCCNC1Cc1nc(C2CCCCS2)no1. The molecule has 19 heavy (non-hydrogen) atoms. The van der Waals surface area contributed by atoms with Crippen LogP contribution in [0.5, 0.6) is 0 Å². The molecular weight excluding hydrogens is 264 g/mol. The minimum absolute atomic E-state index is 0.0121. The number of carbonyl (C=O) groups excluding carboxylic acids is 1. The predicted molar refractivity (Wildman–Crippen MR) is 71.9 cm³/mol. The van der Waals surface area contributed by atoms with Crippen molar-refractivity contribution in [3.63, 3.8) is 0 Å². The molecule has 2 unspecified atom stereocenters. The van der Waals surface area contributed by atoms with Gasteiger partial charge >= 0.3 is 0 Å². The Balaban J connectivity index is 1.62. The van der Waals surface area contributed by atoms with Crippen LogP contribution < -0.4 is 10.6 Å². The molecule has 2 saturated heterocycles. The van der Waals surface area contributed by atoms with Crippen molar-refractivity contribution in [2.24, 2.45) is 0 Å². The van der Waals surface area contributed by atoms with E-state index in [-0.39, 0.29) is 11.9 Å². The Bertz CT molecular complexity index is 445. The maximum Gasteiger partial charge on any atom is 0.237 e. The van der Waals surface area contributed by atoms with Crippen LogP contribution in [0.25, 0.3) is 0 Å². The Morgan fingerprint density at radius 2 is 2.32 bits per heavy atom. The van der Waals surface area contributed by atoms with Gasteiger partial charge in [0.15, 0.2) is 5.82 Å². The molecule has 0 aliphatic carbocycles. The van der Waals surface area contributed by atoms with Gasteiger partial charge < -0.3 is 15.2 Å². The van der Waals surface area contributed by atoms with Gasteiger partial charge in [0.2, 0.25) is 11.8 Å². The quantitative estimate of drug-likeness (QED) is 0.847. The molecule has 0 bridgehead atoms. The van der Waals surface area contributed by atoms with Crippen molar-refractivity contribution in [1.29, 1.82) is 0 Å². The van der Waals surface area contributed by atoms with Crippen molar-refractivity contribution in [1.82, 2.24) is 20.8 Å². The van der Waals surface area contributed by atoms with E-state index < -0.39 is 0 Å². The molecule has 1 aromatic heterocycles. The highest BCUT2D eigenvalue weighted by atomic mass is 32.2. The van der Waals surface area contributed by atoms with Gasteiger partial charge in [-0.25, -0.2) is 0 Å². The third-order valence-corrected chi connectivity index (χ3v) is 4.83. The molecule has 2 atom stereocenters. The summed E-state index contributed by atoms with van der Waals surface area (Å²) in [4.78, 5) is 16.1. The summed E-state index contributed by atoms with van der Waals surface area (Å²) in [6.07, 6.45) is 4.09. The molecule has 0 spiro atoms. The van der Waals surface area contributed by atoms with E-state index in [1.807, 2.05) is 11.8 Å². The maximum absolute atomic E-state index is 11.6. The zero-order valence-corrected chi connectivity index (χ0v) is 11.5. The van der Waals surface area contributed by atoms with Gasteiger partial charge in [0.05, 0.1) is 17.7 Å². The summed E-state index contributed by atoms with van der Waals surface area (Å²) in [6, 6.07) is -0.249. The third-order valence-electron chi connectivity index (χ3n) is 3.46. The first-order valence-electron chi connectivity index (χ1n) is 6.78. The molecule has 2 fully saturated rings. The van der Waals surface area contributed by atoms with Gasteiger partial charge in [-0.2, -0.15) is 16.7 Å². The number of thioether (sulfide) groups is 1. The van der Waals surface area contributed by atoms with Gasteiger partial charge in [0, 0.05) is 13.1 Å². The number of amides is 1. The van der Waals surface area contributed by atoms with E-state index in [1.165, 1.54) is 18.6 Å². The lowest BCUT2D eigenvalue weighted by atomic mass is 10.1. The fourth-order valence-corrected chi connectivity index (χ4v) is 3.65. The van der Waals surface area contributed by atoms with Crippen molar-refractivity contribution in [3.8, 4) is 0 Å². The van der Waals surface area contributed by atoms with Crippen LogP contribution >= 0.6 is 11.8 Å². The Hall–Kier alpha value is -1.08. The number of rotatable bonds is 3. The first-order valence-corrected chi connectivity index (χ1v) is 7.83. The van der Waals surface area contributed by atoms with Crippen LogP contribution in [-0.2, 0) is 11.2 Å². The summed E-state index contributed by atoms with van der Waals surface area (Å²) < 4.78 is 5.27. The van der Waals surface area contributed by atoms with E-state index >= 15 is 0 Å². The Morgan fingerprint density at radius 1 is 1.37 bits per heavy atom. The summed E-state index contributed by atoms with van der Waals surface area (Å²) in [5.41, 5.74) is 0. The first kappa shape index (κ1) is 12.9. The summed E-state index contributed by atoms with van der Waals surface area (Å²) in [6.45, 7) is 1.47. The summed E-state index contributed by atoms with van der Waals surface area (Å²) in [5, 5.41) is 10.4. The van der Waals surface area contributed by atoms with Crippen molar-refractivity contribution in [2.45, 2.75) is 37.0 Å². The molecule has 0 saturated carbocycles. The van der Waals surface area contributed by atoms with E-state index in [4.69, 9.17) is 4.52 Å². The number of piperazine rings is 1. The number of hydrogen-bond acceptors (Lipinski definition) is 6. The van der Waals surface area contributed by atoms with Crippen molar-refractivity contribution in [2.75, 3.05) is 18.8 Å².